The molecule has 0 aliphatic carbocycles. The predicted molar refractivity (Wildman–Crippen MR) is 79.8 cm³/mol. The number of benzene rings is 1. The van der Waals surface area contributed by atoms with Gasteiger partial charge in [-0.25, -0.2) is 4.79 Å². The van der Waals surface area contributed by atoms with Gasteiger partial charge in [-0.05, 0) is 53.9 Å². The molecule has 0 radical (unpaired) electrons. The minimum atomic E-state index is -0.475. The third kappa shape index (κ3) is 3.15. The molecule has 1 saturated heterocycles. The van der Waals surface area contributed by atoms with Crippen molar-refractivity contribution in [1.29, 1.82) is 0 Å². The number of halogens is 2. The van der Waals surface area contributed by atoms with Crippen LogP contribution in [0.3, 0.4) is 0 Å². The maximum absolute atomic E-state index is 12.5. The Morgan fingerprint density at radius 1 is 1.50 bits per heavy atom. The molecule has 1 aromatic carbocycles. The lowest BCUT2D eigenvalue weighted by Gasteiger charge is -2.23. The van der Waals surface area contributed by atoms with E-state index in [1.54, 1.807) is 30.0 Å². The molecule has 1 amide bonds. The largest absolute Gasteiger partial charge is 0.464 e. The Balaban J connectivity index is 2.18. The van der Waals surface area contributed by atoms with E-state index in [9.17, 15) is 9.59 Å². The van der Waals surface area contributed by atoms with E-state index in [2.05, 4.69) is 15.9 Å². The summed E-state index contributed by atoms with van der Waals surface area (Å²) < 4.78 is 5.69. The number of rotatable bonds is 3. The molecule has 1 atom stereocenters. The number of esters is 1. The van der Waals surface area contributed by atoms with E-state index in [4.69, 9.17) is 16.3 Å². The van der Waals surface area contributed by atoms with Gasteiger partial charge in [-0.3, -0.25) is 4.79 Å². The monoisotopic (exact) mass is 359 g/mol. The van der Waals surface area contributed by atoms with Gasteiger partial charge in [-0.2, -0.15) is 0 Å². The van der Waals surface area contributed by atoms with Crippen molar-refractivity contribution in [3.8, 4) is 0 Å². The summed E-state index contributed by atoms with van der Waals surface area (Å²) in [7, 11) is 0. The number of hydrogen-bond acceptors (Lipinski definition) is 3. The van der Waals surface area contributed by atoms with Crippen LogP contribution in [0.15, 0.2) is 22.7 Å². The van der Waals surface area contributed by atoms with Crippen molar-refractivity contribution < 1.29 is 14.3 Å². The lowest BCUT2D eigenvalue weighted by Crippen LogP contribution is -2.41. The van der Waals surface area contributed by atoms with Gasteiger partial charge >= 0.3 is 5.97 Å². The minimum Gasteiger partial charge on any atom is -0.464 e. The van der Waals surface area contributed by atoms with Crippen LogP contribution in [-0.2, 0) is 9.53 Å². The van der Waals surface area contributed by atoms with Crippen molar-refractivity contribution in [2.75, 3.05) is 13.2 Å². The Morgan fingerprint density at radius 2 is 2.25 bits per heavy atom. The van der Waals surface area contributed by atoms with Crippen LogP contribution in [-0.4, -0.2) is 36.0 Å². The Labute approximate surface area is 131 Å². The molecule has 20 heavy (non-hydrogen) atoms. The van der Waals surface area contributed by atoms with Gasteiger partial charge in [0.1, 0.15) is 6.04 Å². The molecule has 2 rings (SSSR count). The third-order valence-electron chi connectivity index (χ3n) is 3.24. The fraction of sp³-hybridized carbons (Fsp3) is 0.429. The lowest BCUT2D eigenvalue weighted by atomic mass is 10.1. The van der Waals surface area contributed by atoms with Crippen LogP contribution in [0.4, 0.5) is 0 Å². The van der Waals surface area contributed by atoms with Crippen molar-refractivity contribution in [3.05, 3.63) is 33.3 Å². The summed E-state index contributed by atoms with van der Waals surface area (Å²) in [4.78, 5) is 25.9. The molecule has 0 spiro atoms. The summed E-state index contributed by atoms with van der Waals surface area (Å²) in [6.07, 6.45) is 1.46. The van der Waals surface area contributed by atoms with E-state index >= 15 is 0 Å². The Morgan fingerprint density at radius 3 is 2.90 bits per heavy atom. The normalized spacial score (nSPS) is 18.1. The van der Waals surface area contributed by atoms with E-state index in [-0.39, 0.29) is 11.9 Å². The summed E-state index contributed by atoms with van der Waals surface area (Å²) in [5.41, 5.74) is 0.512. The number of hydrogen-bond donors (Lipinski definition) is 0. The molecular weight excluding hydrogens is 346 g/mol. The smallest absolute Gasteiger partial charge is 0.328 e. The summed E-state index contributed by atoms with van der Waals surface area (Å²) in [5, 5.41) is 0.546. The minimum absolute atomic E-state index is 0.169. The number of amides is 1. The molecule has 1 heterocycles. The number of ether oxygens (including phenoxy) is 1. The first-order valence-electron chi connectivity index (χ1n) is 6.47. The molecule has 1 aliphatic heterocycles. The van der Waals surface area contributed by atoms with E-state index in [0.29, 0.717) is 34.6 Å². The average Bonchev–Trinajstić information content (AvgIpc) is 2.90. The van der Waals surface area contributed by atoms with Crippen molar-refractivity contribution in [1.82, 2.24) is 4.90 Å². The summed E-state index contributed by atoms with van der Waals surface area (Å²) in [5.74, 6) is -0.496. The van der Waals surface area contributed by atoms with Crippen LogP contribution < -0.4 is 0 Å². The first-order chi connectivity index (χ1) is 9.54. The first kappa shape index (κ1) is 15.3. The number of nitrogens with zero attached hydrogens (tertiary/aromatic N) is 1. The van der Waals surface area contributed by atoms with Crippen molar-refractivity contribution >= 4 is 39.4 Å². The summed E-state index contributed by atoms with van der Waals surface area (Å²) in [6, 6.07) is 4.52. The first-order valence-corrected chi connectivity index (χ1v) is 7.64. The second-order valence-corrected chi connectivity index (χ2v) is 5.80. The van der Waals surface area contributed by atoms with Crippen LogP contribution in [0, 0.1) is 0 Å². The van der Waals surface area contributed by atoms with Gasteiger partial charge in [0, 0.05) is 16.6 Å². The molecule has 0 N–H and O–H groups in total. The molecule has 4 nitrogen and oxygen atoms in total. The topological polar surface area (TPSA) is 46.6 Å². The zero-order chi connectivity index (χ0) is 14.7. The van der Waals surface area contributed by atoms with Crippen LogP contribution in [0.25, 0.3) is 0 Å². The zero-order valence-electron chi connectivity index (χ0n) is 11.1. The SMILES string of the molecule is CCOC(=O)C1CCCN1C(=O)c1ccc(Cl)c(Br)c1. The van der Waals surface area contributed by atoms with Crippen LogP contribution in [0.2, 0.25) is 5.02 Å². The molecule has 1 fully saturated rings. The Kier molecular flexibility index (Phi) is 5.05. The van der Waals surface area contributed by atoms with Crippen LogP contribution in [0.1, 0.15) is 30.1 Å². The predicted octanol–water partition coefficient (Wildman–Crippen LogP) is 3.27. The van der Waals surface area contributed by atoms with Gasteiger partial charge < -0.3 is 9.64 Å². The van der Waals surface area contributed by atoms with E-state index in [1.807, 2.05) is 0 Å². The number of carbonyl (C=O) groups is 2. The molecular formula is C14H15BrClNO3. The molecule has 0 bridgehead atoms. The maximum atomic E-state index is 12.5. The summed E-state index contributed by atoms with van der Waals surface area (Å²) >= 11 is 9.22. The van der Waals surface area contributed by atoms with Crippen molar-refractivity contribution in [2.45, 2.75) is 25.8 Å². The molecule has 1 unspecified atom stereocenters. The lowest BCUT2D eigenvalue weighted by molar-refractivity contribution is -0.147. The molecule has 6 heteroatoms. The van der Waals surface area contributed by atoms with Gasteiger partial charge in [0.2, 0.25) is 0 Å². The molecule has 1 aliphatic rings. The van der Waals surface area contributed by atoms with E-state index in [1.165, 1.54) is 0 Å². The highest BCUT2D eigenvalue weighted by atomic mass is 79.9. The number of likely N-dealkylation sites (tertiary alicyclic amines) is 1. The molecule has 0 aromatic heterocycles. The van der Waals surface area contributed by atoms with Gasteiger partial charge in [-0.1, -0.05) is 11.6 Å². The second-order valence-electron chi connectivity index (χ2n) is 4.54. The van der Waals surface area contributed by atoms with E-state index in [0.717, 1.165) is 6.42 Å². The highest BCUT2D eigenvalue weighted by Gasteiger charge is 2.35. The van der Waals surface area contributed by atoms with Gasteiger partial charge in [0.25, 0.3) is 5.91 Å². The average molecular weight is 361 g/mol. The van der Waals surface area contributed by atoms with Gasteiger partial charge in [-0.15, -0.1) is 0 Å². The summed E-state index contributed by atoms with van der Waals surface area (Å²) in [6.45, 7) is 2.65. The highest BCUT2D eigenvalue weighted by molar-refractivity contribution is 9.10. The second kappa shape index (κ2) is 6.59. The fourth-order valence-corrected chi connectivity index (χ4v) is 2.78. The molecule has 0 saturated carbocycles. The van der Waals surface area contributed by atoms with Crippen molar-refractivity contribution in [3.63, 3.8) is 0 Å². The van der Waals surface area contributed by atoms with Crippen molar-refractivity contribution in [2.24, 2.45) is 0 Å². The molecule has 108 valence electrons. The Bertz CT molecular complexity index is 535. The van der Waals surface area contributed by atoms with Gasteiger partial charge in [0.05, 0.1) is 11.6 Å². The molecule has 1 aromatic rings. The number of carbonyl (C=O) groups excluding carboxylic acids is 2. The standard InChI is InChI=1S/C14H15BrClNO3/c1-2-20-14(19)12-4-3-7-17(12)13(18)9-5-6-11(16)10(15)8-9/h5-6,8,12H,2-4,7H2,1H3. The van der Waals surface area contributed by atoms with Gasteiger partial charge in [0.15, 0.2) is 0 Å². The Hall–Kier alpha value is -1.07. The van der Waals surface area contributed by atoms with E-state index < -0.39 is 6.04 Å². The highest BCUT2D eigenvalue weighted by Crippen LogP contribution is 2.26. The fourth-order valence-electron chi connectivity index (χ4n) is 2.29. The van der Waals surface area contributed by atoms with Crippen LogP contribution in [0.5, 0.6) is 0 Å². The maximum Gasteiger partial charge on any atom is 0.328 e. The quantitative estimate of drug-likeness (QED) is 0.777. The van der Waals surface area contributed by atoms with Crippen LogP contribution >= 0.6 is 27.5 Å². The third-order valence-corrected chi connectivity index (χ3v) is 4.45. The zero-order valence-corrected chi connectivity index (χ0v) is 13.4.